The Labute approximate surface area is 506 Å². The average molecular weight is 1160 g/mol. The summed E-state index contributed by atoms with van der Waals surface area (Å²) in [6.45, 7) is 6.68. The highest BCUT2D eigenvalue weighted by molar-refractivity contribution is 7.45. The molecule has 0 saturated heterocycles. The number of esters is 1. The third kappa shape index (κ3) is 61.2. The van der Waals surface area contributed by atoms with Crippen LogP contribution in [0.1, 0.15) is 284 Å². The fraction of sp³-hybridized carbons (Fsp3) is 0.722. The molecule has 3 unspecified atom stereocenters. The van der Waals surface area contributed by atoms with Crippen LogP contribution in [0.5, 0.6) is 0 Å². The zero-order valence-electron chi connectivity index (χ0n) is 53.9. The molecule has 82 heavy (non-hydrogen) atoms. The first kappa shape index (κ1) is 78.7. The number of carbonyl (C=O) groups is 2. The second-order valence-electron chi connectivity index (χ2n) is 23.6. The number of ether oxygens (including phenoxy) is 1. The van der Waals surface area contributed by atoms with Gasteiger partial charge in [-0.25, -0.2) is 0 Å². The predicted octanol–water partition coefficient (Wildman–Crippen LogP) is 20.7. The summed E-state index contributed by atoms with van der Waals surface area (Å²) < 4.78 is 30.4. The maximum absolute atomic E-state index is 13.6. The van der Waals surface area contributed by atoms with E-state index in [-0.39, 0.29) is 31.3 Å². The van der Waals surface area contributed by atoms with E-state index in [4.69, 9.17) is 13.8 Å². The van der Waals surface area contributed by atoms with Crippen molar-refractivity contribution in [3.8, 4) is 0 Å². The molecule has 472 valence electrons. The first-order chi connectivity index (χ1) is 39.9. The largest absolute Gasteiger partial charge is 0.756 e. The van der Waals surface area contributed by atoms with E-state index in [2.05, 4.69) is 123 Å². The van der Waals surface area contributed by atoms with E-state index < -0.39 is 26.6 Å². The molecular weight excluding hydrogens is 1040 g/mol. The van der Waals surface area contributed by atoms with Crippen molar-refractivity contribution in [1.82, 2.24) is 5.32 Å². The van der Waals surface area contributed by atoms with Gasteiger partial charge in [-0.1, -0.05) is 265 Å². The number of nitrogens with one attached hydrogen (secondary N) is 1. The van der Waals surface area contributed by atoms with Gasteiger partial charge >= 0.3 is 5.97 Å². The lowest BCUT2D eigenvalue weighted by atomic mass is 10.0. The molecule has 0 bridgehead atoms. The Morgan fingerprint density at radius 2 is 0.780 bits per heavy atom. The van der Waals surface area contributed by atoms with Crippen LogP contribution >= 0.6 is 7.82 Å². The highest BCUT2D eigenvalue weighted by atomic mass is 31.2. The molecule has 0 spiro atoms. The first-order valence-electron chi connectivity index (χ1n) is 33.7. The molecular formula is C72H127N2O7P. The van der Waals surface area contributed by atoms with Gasteiger partial charge in [0.1, 0.15) is 19.3 Å². The predicted molar refractivity (Wildman–Crippen MR) is 353 cm³/mol. The summed E-state index contributed by atoms with van der Waals surface area (Å²) >= 11 is 0. The van der Waals surface area contributed by atoms with Crippen LogP contribution in [0.4, 0.5) is 0 Å². The van der Waals surface area contributed by atoms with E-state index in [0.717, 1.165) is 109 Å². The third-order valence-corrected chi connectivity index (χ3v) is 15.4. The molecule has 9 nitrogen and oxygen atoms in total. The van der Waals surface area contributed by atoms with E-state index >= 15 is 0 Å². The summed E-state index contributed by atoms with van der Waals surface area (Å²) in [5.74, 6) is -0.582. The Morgan fingerprint density at radius 3 is 1.21 bits per heavy atom. The first-order valence-corrected chi connectivity index (χ1v) is 35.2. The van der Waals surface area contributed by atoms with E-state index in [1.54, 1.807) is 0 Å². The number of amides is 1. The fourth-order valence-corrected chi connectivity index (χ4v) is 9.98. The molecule has 1 N–H and O–H groups in total. The summed E-state index contributed by atoms with van der Waals surface area (Å²) in [5, 5.41) is 3.02. The number of phosphoric acid groups is 1. The van der Waals surface area contributed by atoms with Crippen molar-refractivity contribution >= 4 is 19.7 Å². The maximum atomic E-state index is 13.6. The minimum Gasteiger partial charge on any atom is -0.756 e. The Morgan fingerprint density at radius 1 is 0.439 bits per heavy atom. The third-order valence-electron chi connectivity index (χ3n) is 14.4. The lowest BCUT2D eigenvalue weighted by Crippen LogP contribution is -2.47. The minimum atomic E-state index is -4.72. The Bertz CT molecular complexity index is 1770. The van der Waals surface area contributed by atoms with Crippen LogP contribution in [-0.2, 0) is 27.9 Å². The van der Waals surface area contributed by atoms with Crippen molar-refractivity contribution < 1.29 is 37.3 Å². The van der Waals surface area contributed by atoms with Gasteiger partial charge in [-0.15, -0.1) is 0 Å². The van der Waals surface area contributed by atoms with Gasteiger partial charge in [0.25, 0.3) is 7.82 Å². The van der Waals surface area contributed by atoms with E-state index in [1.165, 1.54) is 135 Å². The zero-order chi connectivity index (χ0) is 60.0. The van der Waals surface area contributed by atoms with E-state index in [0.29, 0.717) is 17.4 Å². The van der Waals surface area contributed by atoms with E-state index in [9.17, 15) is 19.0 Å². The molecule has 3 atom stereocenters. The normalized spacial score (nSPS) is 14.3. The average Bonchev–Trinajstić information content (AvgIpc) is 3.47. The van der Waals surface area contributed by atoms with Crippen molar-refractivity contribution in [2.75, 3.05) is 40.9 Å². The van der Waals surface area contributed by atoms with E-state index in [1.807, 2.05) is 33.3 Å². The van der Waals surface area contributed by atoms with Crippen LogP contribution in [0.25, 0.3) is 0 Å². The summed E-state index contributed by atoms with van der Waals surface area (Å²) in [6, 6.07) is -0.914. The van der Waals surface area contributed by atoms with Gasteiger partial charge in [0.2, 0.25) is 5.91 Å². The summed E-state index contributed by atoms with van der Waals surface area (Å²) in [4.78, 5) is 40.1. The molecule has 0 aromatic rings. The van der Waals surface area contributed by atoms with Gasteiger partial charge in [-0.2, -0.15) is 0 Å². The molecule has 0 aliphatic rings. The van der Waals surface area contributed by atoms with Crippen molar-refractivity contribution in [2.24, 2.45) is 0 Å². The second kappa shape index (κ2) is 60.8. The van der Waals surface area contributed by atoms with Crippen molar-refractivity contribution in [1.29, 1.82) is 0 Å². The maximum Gasteiger partial charge on any atom is 0.306 e. The lowest BCUT2D eigenvalue weighted by molar-refractivity contribution is -0.870. The SMILES string of the molecule is CC/C=C\C/C=C\C/C=C\C/C=C\C/C=C\CCCCCC(=O)NC(COP(=O)([O-])OCC[N+](C)(C)C)C(/C=C\CCCCCCCCCCCC)OC(=O)CCCCCCCCCCCCCC/C=C\C/C=C\C/C=C\CCCCC. The Kier molecular flexibility index (Phi) is 58.3. The molecule has 0 rings (SSSR count). The molecule has 1 amide bonds. The summed E-state index contributed by atoms with van der Waals surface area (Å²) in [6.07, 6.45) is 83.5. The molecule has 10 heteroatoms. The molecule has 0 heterocycles. The van der Waals surface area contributed by atoms with Crippen LogP contribution in [0.3, 0.4) is 0 Å². The number of hydrogen-bond donors (Lipinski definition) is 1. The smallest absolute Gasteiger partial charge is 0.306 e. The minimum absolute atomic E-state index is 0.0341. The van der Waals surface area contributed by atoms with Gasteiger partial charge < -0.3 is 28.5 Å². The number of nitrogens with zero attached hydrogens (tertiary/aromatic N) is 1. The van der Waals surface area contributed by atoms with Gasteiger partial charge in [0.15, 0.2) is 0 Å². The molecule has 0 radical (unpaired) electrons. The number of quaternary nitrogens is 1. The summed E-state index contributed by atoms with van der Waals surface area (Å²) in [5.41, 5.74) is 0. The molecule has 0 fully saturated rings. The van der Waals surface area contributed by atoms with Crippen molar-refractivity contribution in [3.63, 3.8) is 0 Å². The number of likely N-dealkylation sites (N-methyl/N-ethyl adjacent to an activating group) is 1. The van der Waals surface area contributed by atoms with Gasteiger partial charge in [0, 0.05) is 12.8 Å². The number of rotatable bonds is 60. The second-order valence-corrected chi connectivity index (χ2v) is 25.0. The van der Waals surface area contributed by atoms with Gasteiger partial charge in [-0.3, -0.25) is 14.2 Å². The number of hydrogen-bond acceptors (Lipinski definition) is 7. The fourth-order valence-electron chi connectivity index (χ4n) is 9.26. The van der Waals surface area contributed by atoms with Crippen LogP contribution < -0.4 is 10.2 Å². The highest BCUT2D eigenvalue weighted by Crippen LogP contribution is 2.38. The molecule has 0 saturated carbocycles. The van der Waals surface area contributed by atoms with Crippen LogP contribution in [-0.4, -0.2) is 69.4 Å². The topological polar surface area (TPSA) is 114 Å². The molecule has 0 aliphatic carbocycles. The number of carbonyl (C=O) groups excluding carboxylic acids is 2. The van der Waals surface area contributed by atoms with Crippen LogP contribution in [0, 0.1) is 0 Å². The van der Waals surface area contributed by atoms with Crippen molar-refractivity contribution in [3.05, 3.63) is 109 Å². The van der Waals surface area contributed by atoms with Gasteiger partial charge in [0.05, 0.1) is 33.8 Å². The molecule has 0 aromatic carbocycles. The summed E-state index contributed by atoms with van der Waals surface area (Å²) in [7, 11) is 1.15. The zero-order valence-corrected chi connectivity index (χ0v) is 54.8. The highest BCUT2D eigenvalue weighted by Gasteiger charge is 2.27. The Balaban J connectivity index is 5.18. The van der Waals surface area contributed by atoms with Crippen molar-refractivity contribution in [2.45, 2.75) is 296 Å². The molecule has 0 aromatic heterocycles. The standard InChI is InChI=1S/C72H127N2O7P/c1-7-10-13-16-19-22-25-28-30-32-34-35-36-37-38-39-41-43-45-47-50-53-56-59-62-65-72(76)81-70(63-60-57-54-51-48-27-24-21-18-15-12-9-3)69(68-80-82(77,78)79-67-66-74(4,5)6)73-71(75)64-61-58-55-52-49-46-44-42-40-33-31-29-26-23-20-17-14-11-8-2/h11,14,19-20,22-23,28-31,34-35,40,42,46,49,60,63,69-70H,7-10,12-13,15-18,21,24-27,32-33,36-39,41,43-45,47-48,50-59,61-62,64-68H2,1-6H3,(H-,73,75,77,78)/b14-11-,22-19-,23-20-,30-28-,31-29-,35-34-,42-40-,49-46-,63-60-. The molecule has 0 aliphatic heterocycles. The lowest BCUT2D eigenvalue weighted by Gasteiger charge is -2.30. The quantitative estimate of drug-likeness (QED) is 0.0212. The van der Waals surface area contributed by atoms with Crippen LogP contribution in [0.2, 0.25) is 0 Å². The van der Waals surface area contributed by atoms with Crippen LogP contribution in [0.15, 0.2) is 109 Å². The van der Waals surface area contributed by atoms with Gasteiger partial charge in [-0.05, 0) is 115 Å². The number of phosphoric ester groups is 1. The number of unbranched alkanes of at least 4 members (excludes halogenated alkanes) is 28. The number of allylic oxidation sites excluding steroid dienone is 17. The monoisotopic (exact) mass is 1160 g/mol. The Hall–Kier alpha value is -3.33.